The lowest BCUT2D eigenvalue weighted by Gasteiger charge is -2.34. The van der Waals surface area contributed by atoms with E-state index in [2.05, 4.69) is 5.32 Å². The zero-order chi connectivity index (χ0) is 20.0. The first-order valence-electron chi connectivity index (χ1n) is 9.39. The molecule has 6 heteroatoms. The normalized spacial score (nSPS) is 21.3. The van der Waals surface area contributed by atoms with Crippen LogP contribution < -0.4 is 10.1 Å². The Hall–Kier alpha value is -2.52. The van der Waals surface area contributed by atoms with Gasteiger partial charge in [0.15, 0.2) is 0 Å². The Morgan fingerprint density at radius 3 is 2.70 bits per heavy atom. The molecule has 1 aliphatic rings. The maximum Gasteiger partial charge on any atom is 0.263 e. The van der Waals surface area contributed by atoms with Gasteiger partial charge in [0.2, 0.25) is 0 Å². The zero-order valence-corrected chi connectivity index (χ0v) is 16.8. The molecule has 1 fully saturated rings. The van der Waals surface area contributed by atoms with E-state index in [0.717, 1.165) is 16.9 Å². The largest absolute Gasteiger partial charge is 0.494 e. The first kappa shape index (κ1) is 20.8. The molecule has 0 radical (unpaired) electrons. The number of carbonyl (C=O) groups excluding carboxylic acids is 1. The highest BCUT2D eigenvalue weighted by molar-refractivity contribution is 5.97. The summed E-state index contributed by atoms with van der Waals surface area (Å²) in [5.41, 5.74) is 2.08. The molecular formula is C21H29N3O3. The molecule has 1 aliphatic heterocycles. The van der Waals surface area contributed by atoms with E-state index in [1.807, 2.05) is 63.8 Å². The van der Waals surface area contributed by atoms with Gasteiger partial charge < -0.3 is 19.7 Å². The second kappa shape index (κ2) is 9.43. The molecule has 0 saturated carbocycles. The van der Waals surface area contributed by atoms with E-state index < -0.39 is 0 Å². The van der Waals surface area contributed by atoms with Crippen molar-refractivity contribution >= 4 is 5.91 Å². The minimum absolute atomic E-state index is 0.0629. The number of aryl methyl sites for hydroxylation is 1. The summed E-state index contributed by atoms with van der Waals surface area (Å²) in [6.07, 6.45) is 1.76. The molecule has 1 heterocycles. The molecular weight excluding hydrogens is 342 g/mol. The van der Waals surface area contributed by atoms with Crippen LogP contribution in [0.2, 0.25) is 0 Å². The third-order valence-corrected chi connectivity index (χ3v) is 4.40. The quantitative estimate of drug-likeness (QED) is 0.614. The van der Waals surface area contributed by atoms with Gasteiger partial charge >= 0.3 is 0 Å². The number of nitriles is 1. The monoisotopic (exact) mass is 371 g/mol. The molecule has 0 bridgehead atoms. The van der Waals surface area contributed by atoms with Crippen LogP contribution in [0.25, 0.3) is 0 Å². The van der Waals surface area contributed by atoms with Gasteiger partial charge in [-0.1, -0.05) is 17.7 Å². The standard InChI is InChI=1S/C21H29N3O3/c1-6-26-20-8-7-14(2)9-19(20)17(5)23-21(25)18(10-22)13-24-11-15(3)27-16(4)12-24/h7-9,13,15-17H,6,11-12H2,1-5H3,(H,23,25)/b18-13-. The fourth-order valence-electron chi connectivity index (χ4n) is 3.29. The molecule has 1 aromatic rings. The lowest BCUT2D eigenvalue weighted by atomic mass is 10.0. The predicted molar refractivity (Wildman–Crippen MR) is 104 cm³/mol. The number of nitrogens with one attached hydrogen (secondary N) is 1. The molecule has 0 aliphatic carbocycles. The second-order valence-electron chi connectivity index (χ2n) is 7.04. The summed E-state index contributed by atoms with van der Waals surface area (Å²) in [7, 11) is 0. The van der Waals surface area contributed by atoms with Crippen molar-refractivity contribution in [3.05, 3.63) is 41.1 Å². The number of benzene rings is 1. The summed E-state index contributed by atoms with van der Waals surface area (Å²) >= 11 is 0. The van der Waals surface area contributed by atoms with Gasteiger partial charge in [0.1, 0.15) is 17.4 Å². The molecule has 3 atom stereocenters. The van der Waals surface area contributed by atoms with Crippen molar-refractivity contribution in [1.29, 1.82) is 5.26 Å². The van der Waals surface area contributed by atoms with Gasteiger partial charge in [-0.3, -0.25) is 4.79 Å². The molecule has 2 rings (SSSR count). The van der Waals surface area contributed by atoms with Crippen molar-refractivity contribution < 1.29 is 14.3 Å². The first-order chi connectivity index (χ1) is 12.8. The van der Waals surface area contributed by atoms with Crippen molar-refractivity contribution in [2.45, 2.75) is 52.9 Å². The van der Waals surface area contributed by atoms with Gasteiger partial charge in [0.05, 0.1) is 24.9 Å². The van der Waals surface area contributed by atoms with E-state index in [9.17, 15) is 10.1 Å². The number of amides is 1. The average molecular weight is 371 g/mol. The lowest BCUT2D eigenvalue weighted by molar-refractivity contribution is -0.117. The molecule has 1 N–H and O–H groups in total. The van der Waals surface area contributed by atoms with Gasteiger partial charge in [-0.15, -0.1) is 0 Å². The van der Waals surface area contributed by atoms with E-state index in [0.29, 0.717) is 19.7 Å². The van der Waals surface area contributed by atoms with Crippen LogP contribution in [-0.2, 0) is 9.53 Å². The maximum atomic E-state index is 12.6. The highest BCUT2D eigenvalue weighted by Gasteiger charge is 2.23. The summed E-state index contributed by atoms with van der Waals surface area (Å²) in [5.74, 6) is 0.356. The number of nitrogens with zero attached hydrogens (tertiary/aromatic N) is 2. The summed E-state index contributed by atoms with van der Waals surface area (Å²) in [6, 6.07) is 7.63. The molecule has 27 heavy (non-hydrogen) atoms. The number of ether oxygens (including phenoxy) is 2. The van der Waals surface area contributed by atoms with Gasteiger partial charge in [0, 0.05) is 24.9 Å². The topological polar surface area (TPSA) is 74.6 Å². The van der Waals surface area contributed by atoms with Crippen molar-refractivity contribution in [3.63, 3.8) is 0 Å². The van der Waals surface area contributed by atoms with Gasteiger partial charge in [0.25, 0.3) is 5.91 Å². The van der Waals surface area contributed by atoms with E-state index in [1.54, 1.807) is 6.20 Å². The third-order valence-electron chi connectivity index (χ3n) is 4.40. The number of carbonyl (C=O) groups is 1. The molecule has 6 nitrogen and oxygen atoms in total. The Balaban J connectivity index is 2.13. The van der Waals surface area contributed by atoms with Crippen LogP contribution in [0.15, 0.2) is 30.0 Å². The highest BCUT2D eigenvalue weighted by atomic mass is 16.5. The lowest BCUT2D eigenvalue weighted by Crippen LogP contribution is -2.43. The minimum Gasteiger partial charge on any atom is -0.494 e. The SMILES string of the molecule is CCOc1ccc(C)cc1C(C)NC(=O)/C(C#N)=C\N1CC(C)OC(C)C1. The predicted octanol–water partition coefficient (Wildman–Crippen LogP) is 3.09. The average Bonchev–Trinajstić information content (AvgIpc) is 2.60. The minimum atomic E-state index is -0.388. The molecule has 0 spiro atoms. The molecule has 1 aromatic carbocycles. The van der Waals surface area contributed by atoms with Crippen LogP contribution in [0.1, 0.15) is 44.9 Å². The second-order valence-corrected chi connectivity index (χ2v) is 7.04. The number of hydrogen-bond donors (Lipinski definition) is 1. The summed E-state index contributed by atoms with van der Waals surface area (Å²) in [5, 5.41) is 12.4. The van der Waals surface area contributed by atoms with E-state index in [-0.39, 0.29) is 29.7 Å². The highest BCUT2D eigenvalue weighted by Crippen LogP contribution is 2.26. The third kappa shape index (κ3) is 5.73. The van der Waals surface area contributed by atoms with E-state index >= 15 is 0 Å². The van der Waals surface area contributed by atoms with Crippen LogP contribution in [0.4, 0.5) is 0 Å². The van der Waals surface area contributed by atoms with Crippen LogP contribution >= 0.6 is 0 Å². The van der Waals surface area contributed by atoms with Crippen molar-refractivity contribution in [2.75, 3.05) is 19.7 Å². The maximum absolute atomic E-state index is 12.6. The number of rotatable bonds is 6. The van der Waals surface area contributed by atoms with Crippen LogP contribution in [0.3, 0.4) is 0 Å². The van der Waals surface area contributed by atoms with Gasteiger partial charge in [-0.05, 0) is 40.7 Å². The number of hydrogen-bond acceptors (Lipinski definition) is 5. The van der Waals surface area contributed by atoms with Crippen LogP contribution in [0, 0.1) is 18.3 Å². The van der Waals surface area contributed by atoms with Gasteiger partial charge in [-0.25, -0.2) is 0 Å². The molecule has 1 amide bonds. The fraction of sp³-hybridized carbons (Fsp3) is 0.524. The van der Waals surface area contributed by atoms with Crippen LogP contribution in [-0.4, -0.2) is 42.7 Å². The van der Waals surface area contributed by atoms with E-state index in [4.69, 9.17) is 9.47 Å². The van der Waals surface area contributed by atoms with Crippen molar-refractivity contribution in [2.24, 2.45) is 0 Å². The Bertz CT molecular complexity index is 729. The molecule has 1 saturated heterocycles. The summed E-state index contributed by atoms with van der Waals surface area (Å²) in [6.45, 7) is 11.6. The first-order valence-corrected chi connectivity index (χ1v) is 9.39. The molecule has 3 unspecified atom stereocenters. The fourth-order valence-corrected chi connectivity index (χ4v) is 3.29. The number of morpholine rings is 1. The van der Waals surface area contributed by atoms with E-state index in [1.165, 1.54) is 0 Å². The Labute approximate surface area is 161 Å². The Morgan fingerprint density at radius 2 is 2.11 bits per heavy atom. The van der Waals surface area contributed by atoms with Crippen molar-refractivity contribution in [1.82, 2.24) is 10.2 Å². The van der Waals surface area contributed by atoms with Crippen LogP contribution in [0.5, 0.6) is 5.75 Å². The smallest absolute Gasteiger partial charge is 0.263 e. The van der Waals surface area contributed by atoms with Gasteiger partial charge in [-0.2, -0.15) is 5.26 Å². The van der Waals surface area contributed by atoms with Crippen molar-refractivity contribution in [3.8, 4) is 11.8 Å². The molecule has 0 aromatic heterocycles. The summed E-state index contributed by atoms with van der Waals surface area (Å²) in [4.78, 5) is 14.6. The molecule has 146 valence electrons. The Kier molecular flexibility index (Phi) is 7.26. The zero-order valence-electron chi connectivity index (χ0n) is 16.8. The summed E-state index contributed by atoms with van der Waals surface area (Å²) < 4.78 is 11.4. The Morgan fingerprint density at radius 1 is 1.44 bits per heavy atom.